The maximum absolute atomic E-state index is 5.34. The van der Waals surface area contributed by atoms with E-state index in [1.54, 1.807) is 0 Å². The summed E-state index contributed by atoms with van der Waals surface area (Å²) in [6.07, 6.45) is 1.98. The second-order valence-corrected chi connectivity index (χ2v) is 4.15. The minimum atomic E-state index is 0.321. The largest absolute Gasteiger partial charge is 0.457 e. The highest BCUT2D eigenvalue weighted by Crippen LogP contribution is 2.33. The van der Waals surface area contributed by atoms with Crippen molar-refractivity contribution in [2.75, 3.05) is 6.79 Å². The summed E-state index contributed by atoms with van der Waals surface area (Å²) in [5, 5.41) is 0. The van der Waals surface area contributed by atoms with Crippen LogP contribution in [0.5, 0.6) is 11.5 Å². The average molecular weight is 204 g/mol. The fraction of sp³-hybridized carbons (Fsp3) is 0.385. The van der Waals surface area contributed by atoms with Gasteiger partial charge in [-0.3, -0.25) is 0 Å². The van der Waals surface area contributed by atoms with Crippen LogP contribution in [0.2, 0.25) is 0 Å². The topological polar surface area (TPSA) is 18.5 Å². The van der Waals surface area contributed by atoms with Gasteiger partial charge in [0.25, 0.3) is 0 Å². The van der Waals surface area contributed by atoms with E-state index in [1.165, 1.54) is 5.56 Å². The van der Waals surface area contributed by atoms with E-state index in [-0.39, 0.29) is 0 Å². The van der Waals surface area contributed by atoms with Crippen molar-refractivity contribution in [1.82, 2.24) is 0 Å². The predicted molar refractivity (Wildman–Crippen MR) is 60.3 cm³/mol. The van der Waals surface area contributed by atoms with Crippen LogP contribution in [-0.2, 0) is 0 Å². The Kier molecular flexibility index (Phi) is 2.67. The summed E-state index contributed by atoms with van der Waals surface area (Å²) < 4.78 is 10.7. The Balaban J connectivity index is 2.36. The zero-order valence-electron chi connectivity index (χ0n) is 9.19. The summed E-state index contributed by atoms with van der Waals surface area (Å²) in [7, 11) is 0. The van der Waals surface area contributed by atoms with Crippen molar-refractivity contribution >= 4 is 0 Å². The van der Waals surface area contributed by atoms with Crippen LogP contribution in [0.25, 0.3) is 0 Å². The van der Waals surface area contributed by atoms with E-state index in [1.807, 2.05) is 12.1 Å². The Labute approximate surface area is 90.5 Å². The highest BCUT2D eigenvalue weighted by Gasteiger charge is 2.16. The van der Waals surface area contributed by atoms with Gasteiger partial charge in [0.1, 0.15) is 11.5 Å². The first kappa shape index (κ1) is 10.1. The molecule has 1 aromatic carbocycles. The molecule has 0 aliphatic carbocycles. The van der Waals surface area contributed by atoms with Crippen LogP contribution in [-0.4, -0.2) is 6.79 Å². The number of fused-ring (bicyclic) bond motifs is 2. The molecule has 2 heteroatoms. The van der Waals surface area contributed by atoms with E-state index in [0.717, 1.165) is 11.5 Å². The number of allylic oxidation sites excluding steroid dienone is 1. The molecule has 2 rings (SSSR count). The Hall–Kier alpha value is -1.44. The number of hydrogen-bond acceptors (Lipinski definition) is 2. The maximum Gasteiger partial charge on any atom is 0.230 e. The quantitative estimate of drug-likeness (QED) is 0.703. The van der Waals surface area contributed by atoms with Gasteiger partial charge in [-0.15, -0.1) is 6.58 Å². The van der Waals surface area contributed by atoms with Crippen molar-refractivity contribution in [1.29, 1.82) is 0 Å². The maximum atomic E-state index is 5.34. The van der Waals surface area contributed by atoms with Gasteiger partial charge in [-0.1, -0.05) is 19.9 Å². The van der Waals surface area contributed by atoms with E-state index in [2.05, 4.69) is 32.6 Å². The van der Waals surface area contributed by atoms with Crippen LogP contribution >= 0.6 is 0 Å². The lowest BCUT2D eigenvalue weighted by molar-refractivity contribution is 0.105. The number of ether oxygens (including phenoxy) is 2. The highest BCUT2D eigenvalue weighted by atomic mass is 16.7. The summed E-state index contributed by atoms with van der Waals surface area (Å²) in [5.74, 6) is 2.67. The second kappa shape index (κ2) is 3.97. The molecule has 0 radical (unpaired) electrons. The second-order valence-electron chi connectivity index (χ2n) is 4.15. The summed E-state index contributed by atoms with van der Waals surface area (Å²) in [6, 6.07) is 6.05. The highest BCUT2D eigenvalue weighted by molar-refractivity contribution is 5.42. The van der Waals surface area contributed by atoms with Crippen molar-refractivity contribution in [3.05, 3.63) is 36.4 Å². The minimum absolute atomic E-state index is 0.321. The normalized spacial score (nSPS) is 15.4. The van der Waals surface area contributed by atoms with Crippen LogP contribution in [0.4, 0.5) is 0 Å². The number of rotatable bonds is 3. The summed E-state index contributed by atoms with van der Waals surface area (Å²) in [4.78, 5) is 0. The molecular weight excluding hydrogens is 188 g/mol. The molecule has 0 N–H and O–H groups in total. The van der Waals surface area contributed by atoms with Gasteiger partial charge >= 0.3 is 0 Å². The van der Waals surface area contributed by atoms with Crippen molar-refractivity contribution in [3.8, 4) is 11.5 Å². The van der Waals surface area contributed by atoms with Crippen LogP contribution in [0.15, 0.2) is 30.9 Å². The average Bonchev–Trinajstić information content (AvgIpc) is 2.17. The van der Waals surface area contributed by atoms with Crippen LogP contribution in [0.3, 0.4) is 0 Å². The van der Waals surface area contributed by atoms with Gasteiger partial charge in [-0.25, -0.2) is 0 Å². The minimum Gasteiger partial charge on any atom is -0.457 e. The van der Waals surface area contributed by atoms with E-state index >= 15 is 0 Å². The first-order valence-electron chi connectivity index (χ1n) is 5.24. The lowest BCUT2D eigenvalue weighted by atomic mass is 9.88. The molecule has 2 nitrogen and oxygen atoms in total. The number of benzene rings is 1. The van der Waals surface area contributed by atoms with Gasteiger partial charge in [-0.05, 0) is 23.6 Å². The van der Waals surface area contributed by atoms with Crippen molar-refractivity contribution in [2.24, 2.45) is 5.92 Å². The fourth-order valence-corrected chi connectivity index (χ4v) is 1.91. The lowest BCUT2D eigenvalue weighted by Gasteiger charge is -2.22. The summed E-state index contributed by atoms with van der Waals surface area (Å²) >= 11 is 0. The molecule has 2 bridgehead atoms. The third kappa shape index (κ3) is 1.99. The van der Waals surface area contributed by atoms with Crippen molar-refractivity contribution < 1.29 is 9.47 Å². The first-order valence-corrected chi connectivity index (χ1v) is 5.24. The first-order chi connectivity index (χ1) is 7.20. The predicted octanol–water partition coefficient (Wildman–Crippen LogP) is 3.34. The number of hydrogen-bond donors (Lipinski definition) is 0. The molecule has 0 unspecified atom stereocenters. The molecular formula is C13H16O2. The summed E-state index contributed by atoms with van der Waals surface area (Å²) in [6.45, 7) is 8.57. The molecule has 0 fully saturated rings. The molecule has 15 heavy (non-hydrogen) atoms. The molecule has 1 heterocycles. The van der Waals surface area contributed by atoms with Gasteiger partial charge in [-0.2, -0.15) is 0 Å². The monoisotopic (exact) mass is 204 g/mol. The molecule has 0 amide bonds. The molecule has 0 spiro atoms. The summed E-state index contributed by atoms with van der Waals surface area (Å²) in [5.41, 5.74) is 1.22. The molecule has 1 aromatic rings. The standard InChI is InChI=1S/C13H16O2/c1-4-13(9(2)3)10-5-11-7-12(6-10)15-8-14-11/h4-7,9,13H,1,8H2,2-3H3/t13-/m0/s1. The molecule has 0 aromatic heterocycles. The fourth-order valence-electron chi connectivity index (χ4n) is 1.91. The Bertz CT molecular complexity index is 347. The van der Waals surface area contributed by atoms with Gasteiger partial charge in [0, 0.05) is 12.0 Å². The molecule has 80 valence electrons. The molecule has 0 saturated carbocycles. The van der Waals surface area contributed by atoms with Gasteiger partial charge in [0.05, 0.1) is 0 Å². The molecule has 1 aliphatic rings. The van der Waals surface area contributed by atoms with Gasteiger partial charge in [0.15, 0.2) is 0 Å². The van der Waals surface area contributed by atoms with E-state index in [9.17, 15) is 0 Å². The zero-order chi connectivity index (χ0) is 10.8. The third-order valence-electron chi connectivity index (χ3n) is 2.71. The molecule has 1 aliphatic heterocycles. The van der Waals surface area contributed by atoms with Gasteiger partial charge < -0.3 is 9.47 Å². The molecule has 1 atom stereocenters. The molecule has 0 saturated heterocycles. The lowest BCUT2D eigenvalue weighted by Crippen LogP contribution is -2.12. The van der Waals surface area contributed by atoms with Crippen LogP contribution < -0.4 is 9.47 Å². The van der Waals surface area contributed by atoms with E-state index < -0.39 is 0 Å². The Morgan fingerprint density at radius 2 is 1.80 bits per heavy atom. The smallest absolute Gasteiger partial charge is 0.230 e. The third-order valence-corrected chi connectivity index (χ3v) is 2.71. The Morgan fingerprint density at radius 1 is 1.20 bits per heavy atom. The van der Waals surface area contributed by atoms with Crippen LogP contribution in [0.1, 0.15) is 25.3 Å². The zero-order valence-corrected chi connectivity index (χ0v) is 9.19. The Morgan fingerprint density at radius 3 is 2.27 bits per heavy atom. The van der Waals surface area contributed by atoms with E-state index in [4.69, 9.17) is 9.47 Å². The van der Waals surface area contributed by atoms with E-state index in [0.29, 0.717) is 18.6 Å². The SMILES string of the molecule is C=C[C@H](c1cc2cc(c1)OCO2)C(C)C. The van der Waals surface area contributed by atoms with Gasteiger partial charge in [0.2, 0.25) is 6.79 Å². The van der Waals surface area contributed by atoms with Crippen LogP contribution in [0, 0.1) is 5.92 Å². The van der Waals surface area contributed by atoms with Crippen molar-refractivity contribution in [3.63, 3.8) is 0 Å². The van der Waals surface area contributed by atoms with Crippen molar-refractivity contribution in [2.45, 2.75) is 19.8 Å².